The second kappa shape index (κ2) is 5.72. The third-order valence-electron chi connectivity index (χ3n) is 4.00. The van der Waals surface area contributed by atoms with Crippen LogP contribution in [0.3, 0.4) is 0 Å². The fourth-order valence-electron chi connectivity index (χ4n) is 2.98. The van der Waals surface area contributed by atoms with Gasteiger partial charge in [0.05, 0.1) is 12.4 Å². The first-order valence-corrected chi connectivity index (χ1v) is 7.71. The van der Waals surface area contributed by atoms with E-state index in [0.29, 0.717) is 11.9 Å². The Bertz CT molecular complexity index is 800. The zero-order valence-electron chi connectivity index (χ0n) is 12.9. The van der Waals surface area contributed by atoms with Gasteiger partial charge in [0.15, 0.2) is 11.6 Å². The van der Waals surface area contributed by atoms with Gasteiger partial charge in [-0.2, -0.15) is 5.10 Å². The molecule has 0 spiro atoms. The van der Waals surface area contributed by atoms with Crippen molar-refractivity contribution in [1.82, 2.24) is 20.2 Å². The minimum atomic E-state index is 0.365. The topological polar surface area (TPSA) is 78.5 Å². The predicted molar refractivity (Wildman–Crippen MR) is 89.9 cm³/mol. The lowest BCUT2D eigenvalue weighted by atomic mass is 10.1. The first-order chi connectivity index (χ1) is 11.3. The summed E-state index contributed by atoms with van der Waals surface area (Å²) in [6, 6.07) is 10.9. The number of H-pyrrole nitrogens is 1. The van der Waals surface area contributed by atoms with Crippen LogP contribution in [-0.2, 0) is 12.8 Å². The van der Waals surface area contributed by atoms with Gasteiger partial charge in [0.1, 0.15) is 5.82 Å². The van der Waals surface area contributed by atoms with Crippen LogP contribution in [0.15, 0.2) is 42.7 Å². The number of aromatic amines is 1. The molecule has 0 saturated heterocycles. The van der Waals surface area contributed by atoms with Gasteiger partial charge in [-0.15, -0.1) is 0 Å². The van der Waals surface area contributed by atoms with Crippen molar-refractivity contribution in [2.75, 3.05) is 10.6 Å². The Morgan fingerprint density at radius 3 is 2.48 bits per heavy atom. The maximum atomic E-state index is 4.56. The molecule has 0 amide bonds. The fourth-order valence-corrected chi connectivity index (χ4v) is 2.98. The van der Waals surface area contributed by atoms with E-state index in [1.807, 2.05) is 13.0 Å². The molecule has 4 rings (SSSR count). The van der Waals surface area contributed by atoms with Crippen molar-refractivity contribution in [1.29, 1.82) is 0 Å². The molecule has 6 heteroatoms. The van der Waals surface area contributed by atoms with E-state index in [1.165, 1.54) is 11.1 Å². The molecule has 0 saturated carbocycles. The van der Waals surface area contributed by atoms with Crippen molar-refractivity contribution in [3.8, 4) is 0 Å². The number of aryl methyl sites for hydroxylation is 1. The average molecular weight is 306 g/mol. The molecule has 1 aliphatic carbocycles. The van der Waals surface area contributed by atoms with E-state index in [1.54, 1.807) is 12.4 Å². The van der Waals surface area contributed by atoms with Gasteiger partial charge in [-0.25, -0.2) is 4.98 Å². The van der Waals surface area contributed by atoms with Crippen molar-refractivity contribution in [2.24, 2.45) is 0 Å². The van der Waals surface area contributed by atoms with E-state index < -0.39 is 0 Å². The highest BCUT2D eigenvalue weighted by Gasteiger charge is 2.21. The summed E-state index contributed by atoms with van der Waals surface area (Å²) in [5, 5.41) is 13.7. The largest absolute Gasteiger partial charge is 0.365 e. The first kappa shape index (κ1) is 13.8. The minimum Gasteiger partial charge on any atom is -0.365 e. The first-order valence-electron chi connectivity index (χ1n) is 7.71. The number of rotatable bonds is 4. The summed E-state index contributed by atoms with van der Waals surface area (Å²) in [5.74, 6) is 2.19. The number of nitrogens with zero attached hydrogens (tertiary/aromatic N) is 3. The maximum Gasteiger partial charge on any atom is 0.153 e. The molecule has 3 aromatic rings. The lowest BCUT2D eigenvalue weighted by molar-refractivity contribution is 0.768. The van der Waals surface area contributed by atoms with E-state index in [-0.39, 0.29) is 0 Å². The molecule has 0 fully saturated rings. The van der Waals surface area contributed by atoms with Gasteiger partial charge in [-0.3, -0.25) is 10.1 Å². The molecule has 2 heterocycles. The molecule has 2 aromatic heterocycles. The second-order valence-electron chi connectivity index (χ2n) is 5.87. The smallest absolute Gasteiger partial charge is 0.153 e. The summed E-state index contributed by atoms with van der Waals surface area (Å²) >= 11 is 0. The van der Waals surface area contributed by atoms with Crippen molar-refractivity contribution in [2.45, 2.75) is 25.8 Å². The molecular formula is C17H18N6. The van der Waals surface area contributed by atoms with E-state index in [2.05, 4.69) is 55.1 Å². The fraction of sp³-hybridized carbons (Fsp3) is 0.235. The molecule has 0 bridgehead atoms. The molecule has 0 unspecified atom stereocenters. The molecule has 1 aliphatic rings. The standard InChI is InChI=1S/C17H18N6/c1-11-6-15(23-22-11)20-17-10-18-9-16(21-17)19-14-7-12-4-2-3-5-13(12)8-14/h2-6,9-10,14H,7-8H2,1H3,(H3,19,20,21,22,23). The van der Waals surface area contributed by atoms with E-state index in [0.717, 1.165) is 30.2 Å². The Labute approximate surface area is 134 Å². The summed E-state index contributed by atoms with van der Waals surface area (Å²) in [7, 11) is 0. The Morgan fingerprint density at radius 1 is 1.04 bits per heavy atom. The van der Waals surface area contributed by atoms with E-state index >= 15 is 0 Å². The Balaban J connectivity index is 1.45. The average Bonchev–Trinajstić information content (AvgIpc) is 3.13. The van der Waals surface area contributed by atoms with Gasteiger partial charge in [-0.05, 0) is 30.9 Å². The van der Waals surface area contributed by atoms with Crippen LogP contribution in [0.4, 0.5) is 17.5 Å². The second-order valence-corrected chi connectivity index (χ2v) is 5.87. The zero-order valence-corrected chi connectivity index (χ0v) is 12.9. The van der Waals surface area contributed by atoms with Crippen LogP contribution >= 0.6 is 0 Å². The highest BCUT2D eigenvalue weighted by Crippen LogP contribution is 2.24. The molecule has 3 N–H and O–H groups in total. The van der Waals surface area contributed by atoms with Gasteiger partial charge >= 0.3 is 0 Å². The van der Waals surface area contributed by atoms with Crippen molar-refractivity contribution >= 4 is 17.5 Å². The predicted octanol–water partition coefficient (Wildman–Crippen LogP) is 2.83. The monoisotopic (exact) mass is 306 g/mol. The van der Waals surface area contributed by atoms with Crippen molar-refractivity contribution in [3.63, 3.8) is 0 Å². The third-order valence-corrected chi connectivity index (χ3v) is 4.00. The van der Waals surface area contributed by atoms with Gasteiger partial charge in [-0.1, -0.05) is 24.3 Å². The molecular weight excluding hydrogens is 288 g/mol. The molecule has 1 aromatic carbocycles. The Hall–Kier alpha value is -2.89. The van der Waals surface area contributed by atoms with E-state index in [4.69, 9.17) is 0 Å². The van der Waals surface area contributed by atoms with Gasteiger partial charge < -0.3 is 10.6 Å². The Morgan fingerprint density at radius 2 is 1.78 bits per heavy atom. The van der Waals surface area contributed by atoms with Crippen LogP contribution in [0, 0.1) is 6.92 Å². The van der Waals surface area contributed by atoms with Crippen LogP contribution < -0.4 is 10.6 Å². The number of aromatic nitrogens is 4. The minimum absolute atomic E-state index is 0.365. The summed E-state index contributed by atoms with van der Waals surface area (Å²) in [6.07, 6.45) is 5.49. The Kier molecular flexibility index (Phi) is 3.42. The quantitative estimate of drug-likeness (QED) is 0.691. The number of nitrogens with one attached hydrogen (secondary N) is 3. The van der Waals surface area contributed by atoms with E-state index in [9.17, 15) is 0 Å². The number of hydrogen-bond donors (Lipinski definition) is 3. The molecule has 0 atom stereocenters. The number of fused-ring (bicyclic) bond motifs is 1. The zero-order chi connectivity index (χ0) is 15.6. The van der Waals surface area contributed by atoms with Crippen LogP contribution in [0.1, 0.15) is 16.8 Å². The van der Waals surface area contributed by atoms with Gasteiger partial charge in [0.25, 0.3) is 0 Å². The highest BCUT2D eigenvalue weighted by molar-refractivity contribution is 5.53. The molecule has 23 heavy (non-hydrogen) atoms. The summed E-state index contributed by atoms with van der Waals surface area (Å²) < 4.78 is 0. The third kappa shape index (κ3) is 3.01. The summed E-state index contributed by atoms with van der Waals surface area (Å²) in [5.41, 5.74) is 3.83. The number of benzene rings is 1. The van der Waals surface area contributed by atoms with Gasteiger partial charge in [0, 0.05) is 17.8 Å². The molecule has 6 nitrogen and oxygen atoms in total. The lowest BCUT2D eigenvalue weighted by Gasteiger charge is -2.13. The lowest BCUT2D eigenvalue weighted by Crippen LogP contribution is -2.20. The maximum absolute atomic E-state index is 4.56. The summed E-state index contributed by atoms with van der Waals surface area (Å²) in [4.78, 5) is 8.82. The number of hydrogen-bond acceptors (Lipinski definition) is 5. The van der Waals surface area contributed by atoms with Gasteiger partial charge in [0.2, 0.25) is 0 Å². The summed E-state index contributed by atoms with van der Waals surface area (Å²) in [6.45, 7) is 1.96. The SMILES string of the molecule is Cc1cc(Nc2cncc(NC3Cc4ccccc4C3)n2)n[nH]1. The number of anilines is 3. The van der Waals surface area contributed by atoms with Crippen molar-refractivity contribution in [3.05, 3.63) is 59.5 Å². The van der Waals surface area contributed by atoms with Crippen LogP contribution in [0.5, 0.6) is 0 Å². The highest BCUT2D eigenvalue weighted by atomic mass is 15.2. The molecule has 116 valence electrons. The van der Waals surface area contributed by atoms with Crippen molar-refractivity contribution < 1.29 is 0 Å². The van der Waals surface area contributed by atoms with Crippen LogP contribution in [0.25, 0.3) is 0 Å². The normalized spacial score (nSPS) is 13.8. The van der Waals surface area contributed by atoms with Crippen LogP contribution in [0.2, 0.25) is 0 Å². The molecule has 0 aliphatic heterocycles. The molecule has 0 radical (unpaired) electrons. The van der Waals surface area contributed by atoms with Crippen LogP contribution in [-0.4, -0.2) is 26.2 Å².